The number of carbonyl (C=O) groups is 2. The van der Waals surface area contributed by atoms with Gasteiger partial charge in [0, 0.05) is 10.7 Å². The molecule has 172 valence electrons. The van der Waals surface area contributed by atoms with Crippen molar-refractivity contribution < 1.29 is 22.7 Å². The Morgan fingerprint density at radius 1 is 0.970 bits per heavy atom. The summed E-state index contributed by atoms with van der Waals surface area (Å²) in [7, 11) is -4.05. The first kappa shape index (κ1) is 24.3. The molecule has 9 heteroatoms. The quantitative estimate of drug-likeness (QED) is 0.467. The van der Waals surface area contributed by atoms with Crippen molar-refractivity contribution in [1.82, 2.24) is 0 Å². The fraction of sp³-hybridized carbons (Fsp3) is 0.167. The van der Waals surface area contributed by atoms with Crippen molar-refractivity contribution in [2.24, 2.45) is 0 Å². The van der Waals surface area contributed by atoms with E-state index in [0.717, 1.165) is 4.31 Å². The Morgan fingerprint density at radius 2 is 1.61 bits per heavy atom. The largest absolute Gasteiger partial charge is 0.462 e. The van der Waals surface area contributed by atoms with Gasteiger partial charge in [-0.25, -0.2) is 13.2 Å². The van der Waals surface area contributed by atoms with Gasteiger partial charge in [0.2, 0.25) is 5.91 Å². The van der Waals surface area contributed by atoms with Crippen molar-refractivity contribution in [3.05, 3.63) is 88.9 Å². The Kier molecular flexibility index (Phi) is 7.73. The number of hydrogen-bond acceptors (Lipinski definition) is 5. The molecule has 3 aromatic rings. The van der Waals surface area contributed by atoms with Crippen molar-refractivity contribution in [1.29, 1.82) is 0 Å². The van der Waals surface area contributed by atoms with Gasteiger partial charge in [0.1, 0.15) is 6.54 Å². The number of aryl methyl sites for hydroxylation is 1. The number of esters is 1. The van der Waals surface area contributed by atoms with Crippen LogP contribution in [-0.2, 0) is 19.6 Å². The summed E-state index contributed by atoms with van der Waals surface area (Å²) in [6.07, 6.45) is 0. The predicted molar refractivity (Wildman–Crippen MR) is 128 cm³/mol. The number of halogens is 1. The smallest absolute Gasteiger partial charge is 0.338 e. The number of sulfonamides is 1. The van der Waals surface area contributed by atoms with E-state index in [4.69, 9.17) is 16.3 Å². The summed E-state index contributed by atoms with van der Waals surface area (Å²) >= 11 is 5.90. The molecule has 3 rings (SSSR count). The van der Waals surface area contributed by atoms with E-state index < -0.39 is 28.4 Å². The molecule has 33 heavy (non-hydrogen) atoms. The highest BCUT2D eigenvalue weighted by Crippen LogP contribution is 2.27. The molecule has 7 nitrogen and oxygen atoms in total. The number of anilines is 2. The summed E-state index contributed by atoms with van der Waals surface area (Å²) in [6.45, 7) is 3.29. The van der Waals surface area contributed by atoms with Gasteiger partial charge in [-0.2, -0.15) is 0 Å². The molecule has 0 aliphatic heterocycles. The van der Waals surface area contributed by atoms with Crippen LogP contribution in [0.5, 0.6) is 0 Å². The maximum absolute atomic E-state index is 13.4. The summed E-state index contributed by atoms with van der Waals surface area (Å²) in [5, 5.41) is 3.08. The molecule has 0 aliphatic rings. The lowest BCUT2D eigenvalue weighted by atomic mass is 10.2. The Hall–Kier alpha value is -3.36. The summed E-state index contributed by atoms with van der Waals surface area (Å²) in [6, 6.07) is 18.8. The zero-order chi connectivity index (χ0) is 24.0. The van der Waals surface area contributed by atoms with Crippen molar-refractivity contribution in [3.8, 4) is 0 Å². The Bertz CT molecular complexity index is 1240. The van der Waals surface area contributed by atoms with Crippen LogP contribution in [0.3, 0.4) is 0 Å². The summed E-state index contributed by atoms with van der Waals surface area (Å²) in [5.74, 6) is -1.00. The maximum Gasteiger partial charge on any atom is 0.338 e. The average molecular weight is 487 g/mol. The number of hydrogen-bond donors (Lipinski definition) is 1. The third-order valence-electron chi connectivity index (χ3n) is 4.75. The SMILES string of the molecule is CCOC(=O)c1ccc(NC(=O)CN(c2ccccc2C)S(=O)(=O)c2ccc(Cl)cc2)cc1. The van der Waals surface area contributed by atoms with E-state index in [2.05, 4.69) is 5.32 Å². The van der Waals surface area contributed by atoms with Crippen LogP contribution in [0, 0.1) is 6.92 Å². The minimum Gasteiger partial charge on any atom is -0.462 e. The van der Waals surface area contributed by atoms with Gasteiger partial charge < -0.3 is 10.1 Å². The molecule has 3 aromatic carbocycles. The van der Waals surface area contributed by atoms with Crippen LogP contribution >= 0.6 is 11.6 Å². The Labute approximate surface area is 198 Å². The molecule has 0 aliphatic carbocycles. The normalized spacial score (nSPS) is 11.0. The molecule has 0 bridgehead atoms. The van der Waals surface area contributed by atoms with Crippen molar-refractivity contribution >= 4 is 44.9 Å². The van der Waals surface area contributed by atoms with Crippen LogP contribution in [0.15, 0.2) is 77.7 Å². The minimum absolute atomic E-state index is 0.0155. The first-order valence-electron chi connectivity index (χ1n) is 10.1. The van der Waals surface area contributed by atoms with Gasteiger partial charge in [0.15, 0.2) is 0 Å². The van der Waals surface area contributed by atoms with Gasteiger partial charge in [-0.15, -0.1) is 0 Å². The third-order valence-corrected chi connectivity index (χ3v) is 6.78. The van der Waals surface area contributed by atoms with E-state index in [0.29, 0.717) is 27.5 Å². The fourth-order valence-corrected chi connectivity index (χ4v) is 4.72. The molecule has 0 radical (unpaired) electrons. The second-order valence-electron chi connectivity index (χ2n) is 7.10. The number of nitrogens with zero attached hydrogens (tertiary/aromatic N) is 1. The number of ether oxygens (including phenoxy) is 1. The van der Waals surface area contributed by atoms with Gasteiger partial charge >= 0.3 is 5.97 Å². The third kappa shape index (κ3) is 5.91. The number of amides is 1. The highest BCUT2D eigenvalue weighted by molar-refractivity contribution is 7.92. The first-order valence-corrected chi connectivity index (χ1v) is 11.9. The molecule has 0 heterocycles. The number of para-hydroxylation sites is 1. The van der Waals surface area contributed by atoms with E-state index in [9.17, 15) is 18.0 Å². The molecular weight excluding hydrogens is 464 g/mol. The molecule has 0 saturated carbocycles. The lowest BCUT2D eigenvalue weighted by Gasteiger charge is -2.25. The van der Waals surface area contributed by atoms with Crippen LogP contribution < -0.4 is 9.62 Å². The Morgan fingerprint density at radius 3 is 2.21 bits per heavy atom. The maximum atomic E-state index is 13.4. The van der Waals surface area contributed by atoms with Gasteiger partial charge in [0.05, 0.1) is 22.8 Å². The number of nitrogens with one attached hydrogen (secondary N) is 1. The number of carbonyl (C=O) groups excluding carboxylic acids is 2. The van der Waals surface area contributed by atoms with Gasteiger partial charge in [-0.05, 0) is 74.0 Å². The number of rotatable bonds is 8. The monoisotopic (exact) mass is 486 g/mol. The van der Waals surface area contributed by atoms with E-state index in [-0.39, 0.29) is 11.5 Å². The topological polar surface area (TPSA) is 92.8 Å². The molecule has 0 spiro atoms. The molecule has 0 fully saturated rings. The molecular formula is C24H23ClN2O5S. The van der Waals surface area contributed by atoms with E-state index in [1.165, 1.54) is 36.4 Å². The second-order valence-corrected chi connectivity index (χ2v) is 9.40. The van der Waals surface area contributed by atoms with Crippen molar-refractivity contribution in [2.45, 2.75) is 18.7 Å². The van der Waals surface area contributed by atoms with Crippen LogP contribution in [0.25, 0.3) is 0 Å². The lowest BCUT2D eigenvalue weighted by molar-refractivity contribution is -0.114. The molecule has 0 aromatic heterocycles. The molecule has 0 atom stereocenters. The summed E-state index contributed by atoms with van der Waals surface area (Å²) < 4.78 is 32.8. The van der Waals surface area contributed by atoms with Gasteiger partial charge in [-0.3, -0.25) is 9.10 Å². The van der Waals surface area contributed by atoms with E-state index in [1.807, 2.05) is 0 Å². The Balaban J connectivity index is 1.86. The zero-order valence-corrected chi connectivity index (χ0v) is 19.7. The average Bonchev–Trinajstić information content (AvgIpc) is 2.79. The summed E-state index contributed by atoms with van der Waals surface area (Å²) in [5.41, 5.74) is 1.85. The van der Waals surface area contributed by atoms with Crippen LogP contribution in [0.1, 0.15) is 22.8 Å². The second kappa shape index (κ2) is 10.5. The first-order chi connectivity index (χ1) is 15.7. The van der Waals surface area contributed by atoms with Crippen LogP contribution in [0.2, 0.25) is 5.02 Å². The zero-order valence-electron chi connectivity index (χ0n) is 18.1. The van der Waals surface area contributed by atoms with Gasteiger partial charge in [-0.1, -0.05) is 29.8 Å². The van der Waals surface area contributed by atoms with Crippen molar-refractivity contribution in [3.63, 3.8) is 0 Å². The minimum atomic E-state index is -4.05. The lowest BCUT2D eigenvalue weighted by Crippen LogP contribution is -2.38. The molecule has 1 amide bonds. The molecule has 1 N–H and O–H groups in total. The fourth-order valence-electron chi connectivity index (χ4n) is 3.11. The van der Waals surface area contributed by atoms with E-state index >= 15 is 0 Å². The molecule has 0 saturated heterocycles. The van der Waals surface area contributed by atoms with Crippen LogP contribution in [0.4, 0.5) is 11.4 Å². The van der Waals surface area contributed by atoms with Crippen molar-refractivity contribution in [2.75, 3.05) is 22.8 Å². The summed E-state index contributed by atoms with van der Waals surface area (Å²) in [4.78, 5) is 24.6. The molecule has 0 unspecified atom stereocenters. The highest BCUT2D eigenvalue weighted by atomic mass is 35.5. The van der Waals surface area contributed by atoms with E-state index in [1.54, 1.807) is 50.2 Å². The number of benzene rings is 3. The van der Waals surface area contributed by atoms with Gasteiger partial charge in [0.25, 0.3) is 10.0 Å². The van der Waals surface area contributed by atoms with Crippen LogP contribution in [-0.4, -0.2) is 33.4 Å². The predicted octanol–water partition coefficient (Wildman–Crippen LogP) is 4.66. The highest BCUT2D eigenvalue weighted by Gasteiger charge is 2.28. The standard InChI is InChI=1S/C24H23ClN2O5S/c1-3-32-24(29)18-8-12-20(13-9-18)26-23(28)16-27(22-7-5-4-6-17(22)2)33(30,31)21-14-10-19(25)11-15-21/h4-15H,3,16H2,1-2H3,(H,26,28).